The van der Waals surface area contributed by atoms with Crippen molar-refractivity contribution in [1.82, 2.24) is 0 Å². The van der Waals surface area contributed by atoms with E-state index < -0.39 is 5.60 Å². The molecule has 0 aromatic heterocycles. The normalized spacial score (nSPS) is 55.2. The Kier molecular flexibility index (Phi) is 3.49. The molecule has 0 aliphatic heterocycles. The predicted octanol–water partition coefficient (Wildman–Crippen LogP) is 3.53. The van der Waals surface area contributed by atoms with Gasteiger partial charge in [-0.15, -0.1) is 6.42 Å². The van der Waals surface area contributed by atoms with Crippen molar-refractivity contribution in [2.45, 2.75) is 70.5 Å². The lowest BCUT2D eigenvalue weighted by Gasteiger charge is -2.56. The van der Waals surface area contributed by atoms with E-state index in [9.17, 15) is 10.2 Å². The number of hydrogen-bond acceptors (Lipinski definition) is 2. The molecule has 4 aliphatic rings. The Hall–Kier alpha value is -0.780. The van der Waals surface area contributed by atoms with E-state index in [4.69, 9.17) is 6.42 Å². The summed E-state index contributed by atoms with van der Waals surface area (Å²) in [4.78, 5) is 0. The molecule has 2 heteroatoms. The van der Waals surface area contributed by atoms with Gasteiger partial charge in [0, 0.05) is 5.41 Å². The minimum Gasteiger partial charge on any atom is -0.393 e. The second kappa shape index (κ2) is 5.11. The summed E-state index contributed by atoms with van der Waals surface area (Å²) >= 11 is 0. The third-order valence-corrected chi connectivity index (χ3v) is 8.13. The van der Waals surface area contributed by atoms with Crippen molar-refractivity contribution in [1.29, 1.82) is 0 Å². The molecule has 3 fully saturated rings. The molecule has 0 amide bonds. The first kappa shape index (κ1) is 15.7. The average molecular weight is 314 g/mol. The number of terminal acetylenes is 1. The lowest BCUT2D eigenvalue weighted by Crippen LogP contribution is -2.53. The molecular weight excluding hydrogens is 284 g/mol. The summed E-state index contributed by atoms with van der Waals surface area (Å²) < 4.78 is 0. The molecule has 2 nitrogen and oxygen atoms in total. The summed E-state index contributed by atoms with van der Waals surface area (Å²) in [6, 6.07) is 0. The van der Waals surface area contributed by atoms with Crippen LogP contribution in [0.2, 0.25) is 0 Å². The first-order valence-corrected chi connectivity index (χ1v) is 9.48. The van der Waals surface area contributed by atoms with Crippen LogP contribution in [0.25, 0.3) is 0 Å². The highest BCUT2D eigenvalue weighted by molar-refractivity contribution is 5.27. The number of aliphatic hydroxyl groups excluding tert-OH is 1. The average Bonchev–Trinajstić information content (AvgIpc) is 2.79. The molecule has 0 heterocycles. The monoisotopic (exact) mass is 314 g/mol. The number of aliphatic hydroxyl groups is 2. The van der Waals surface area contributed by atoms with Crippen LogP contribution in [0.5, 0.6) is 0 Å². The second-order valence-corrected chi connectivity index (χ2v) is 8.99. The van der Waals surface area contributed by atoms with Crippen molar-refractivity contribution in [3.8, 4) is 12.3 Å². The highest BCUT2D eigenvalue weighted by Gasteiger charge is 2.62. The van der Waals surface area contributed by atoms with E-state index in [1.165, 1.54) is 12.0 Å². The minimum absolute atomic E-state index is 0.114. The molecule has 0 radical (unpaired) electrons. The van der Waals surface area contributed by atoms with Crippen LogP contribution in [0, 0.1) is 47.3 Å². The van der Waals surface area contributed by atoms with Crippen LogP contribution in [0.15, 0.2) is 11.6 Å². The Bertz CT molecular complexity index is 573. The van der Waals surface area contributed by atoms with Crippen LogP contribution in [-0.4, -0.2) is 21.9 Å². The number of rotatable bonds is 0. The standard InChI is InChI=1S/C21H30O2/c1-4-21(23)10-8-18-19-13(2)11-14-12-15(22)5-6-16(14)17(19)7-9-20(18,21)3/h1,11,13,15-19,22-23H,5-10,12H2,2-3H3/t13-,15-,16+,17-,18+,19-,20+,21+/m1/s1. The summed E-state index contributed by atoms with van der Waals surface area (Å²) in [6.45, 7) is 4.60. The highest BCUT2D eigenvalue weighted by atomic mass is 16.3. The molecule has 0 aromatic rings. The van der Waals surface area contributed by atoms with Crippen LogP contribution >= 0.6 is 0 Å². The van der Waals surface area contributed by atoms with E-state index in [1.807, 2.05) is 0 Å². The molecule has 8 atom stereocenters. The van der Waals surface area contributed by atoms with Gasteiger partial charge in [-0.1, -0.05) is 31.4 Å². The zero-order chi connectivity index (χ0) is 16.4. The lowest BCUT2D eigenvalue weighted by molar-refractivity contribution is -0.0921. The topological polar surface area (TPSA) is 40.5 Å². The van der Waals surface area contributed by atoms with Gasteiger partial charge in [0.2, 0.25) is 0 Å². The molecule has 3 saturated carbocycles. The molecule has 0 bridgehead atoms. The van der Waals surface area contributed by atoms with E-state index in [0.717, 1.165) is 44.4 Å². The number of allylic oxidation sites excluding steroid dienone is 1. The van der Waals surface area contributed by atoms with Crippen LogP contribution in [0.3, 0.4) is 0 Å². The van der Waals surface area contributed by atoms with Crippen molar-refractivity contribution in [3.05, 3.63) is 11.6 Å². The minimum atomic E-state index is -0.908. The summed E-state index contributed by atoms with van der Waals surface area (Å²) in [6.07, 6.45) is 15.1. The predicted molar refractivity (Wildman–Crippen MR) is 91.4 cm³/mol. The van der Waals surface area contributed by atoms with Gasteiger partial charge < -0.3 is 10.2 Å². The Balaban J connectivity index is 1.70. The fourth-order valence-corrected chi connectivity index (χ4v) is 6.92. The molecular formula is C21H30O2. The molecule has 0 unspecified atom stereocenters. The van der Waals surface area contributed by atoms with Gasteiger partial charge in [0.1, 0.15) is 5.60 Å². The fourth-order valence-electron chi connectivity index (χ4n) is 6.92. The summed E-state index contributed by atoms with van der Waals surface area (Å²) in [5.74, 6) is 5.90. The molecule has 0 saturated heterocycles. The van der Waals surface area contributed by atoms with Gasteiger partial charge >= 0.3 is 0 Å². The van der Waals surface area contributed by atoms with Crippen molar-refractivity contribution in [2.24, 2.45) is 35.0 Å². The van der Waals surface area contributed by atoms with E-state index in [-0.39, 0.29) is 11.5 Å². The lowest BCUT2D eigenvalue weighted by atomic mass is 9.49. The molecule has 4 aliphatic carbocycles. The summed E-state index contributed by atoms with van der Waals surface area (Å²) in [5.41, 5.74) is 0.498. The Morgan fingerprint density at radius 2 is 2.00 bits per heavy atom. The summed E-state index contributed by atoms with van der Waals surface area (Å²) in [5, 5.41) is 21.0. The molecule has 126 valence electrons. The first-order chi connectivity index (χ1) is 10.9. The quantitative estimate of drug-likeness (QED) is 0.530. The van der Waals surface area contributed by atoms with Crippen LogP contribution in [0.4, 0.5) is 0 Å². The number of hydrogen-bond donors (Lipinski definition) is 2. The van der Waals surface area contributed by atoms with Gasteiger partial charge in [0.25, 0.3) is 0 Å². The Morgan fingerprint density at radius 3 is 2.74 bits per heavy atom. The van der Waals surface area contributed by atoms with E-state index >= 15 is 0 Å². The maximum atomic E-state index is 11.0. The SMILES string of the molecule is C#C[C@]1(O)CC[C@H]2[C@H]3[C@H](CC[C@@]21C)[C@H]1CC[C@@H](O)CC1=C[C@H]3C. The van der Waals surface area contributed by atoms with Crippen molar-refractivity contribution < 1.29 is 10.2 Å². The molecule has 0 spiro atoms. The molecule has 2 N–H and O–H groups in total. The van der Waals surface area contributed by atoms with E-state index in [1.54, 1.807) is 0 Å². The Labute approximate surface area is 140 Å². The van der Waals surface area contributed by atoms with Crippen molar-refractivity contribution >= 4 is 0 Å². The maximum Gasteiger partial charge on any atom is 0.130 e. The van der Waals surface area contributed by atoms with Crippen LogP contribution in [-0.2, 0) is 0 Å². The van der Waals surface area contributed by atoms with Crippen LogP contribution < -0.4 is 0 Å². The van der Waals surface area contributed by atoms with E-state index in [2.05, 4.69) is 25.8 Å². The zero-order valence-electron chi connectivity index (χ0n) is 14.5. The molecule has 0 aromatic carbocycles. The van der Waals surface area contributed by atoms with E-state index in [0.29, 0.717) is 23.7 Å². The largest absolute Gasteiger partial charge is 0.393 e. The molecule has 23 heavy (non-hydrogen) atoms. The smallest absolute Gasteiger partial charge is 0.130 e. The third-order valence-electron chi connectivity index (χ3n) is 8.13. The molecule has 4 rings (SSSR count). The van der Waals surface area contributed by atoms with Crippen molar-refractivity contribution in [3.63, 3.8) is 0 Å². The maximum absolute atomic E-state index is 11.0. The van der Waals surface area contributed by atoms with Crippen LogP contribution in [0.1, 0.15) is 58.8 Å². The highest BCUT2D eigenvalue weighted by Crippen LogP contribution is 2.65. The van der Waals surface area contributed by atoms with Gasteiger partial charge in [-0.25, -0.2) is 0 Å². The third kappa shape index (κ3) is 2.02. The zero-order valence-corrected chi connectivity index (χ0v) is 14.5. The first-order valence-electron chi connectivity index (χ1n) is 9.48. The van der Waals surface area contributed by atoms with Gasteiger partial charge in [-0.05, 0) is 74.5 Å². The van der Waals surface area contributed by atoms with Gasteiger partial charge in [-0.2, -0.15) is 0 Å². The van der Waals surface area contributed by atoms with Gasteiger partial charge in [-0.3, -0.25) is 0 Å². The van der Waals surface area contributed by atoms with Gasteiger partial charge in [0.15, 0.2) is 0 Å². The van der Waals surface area contributed by atoms with Gasteiger partial charge in [0.05, 0.1) is 6.10 Å². The Morgan fingerprint density at radius 1 is 1.22 bits per heavy atom. The fraction of sp³-hybridized carbons (Fsp3) is 0.810. The summed E-state index contributed by atoms with van der Waals surface area (Å²) in [7, 11) is 0. The van der Waals surface area contributed by atoms with Crippen molar-refractivity contribution in [2.75, 3.05) is 0 Å². The number of fused-ring (bicyclic) bond motifs is 5. The second-order valence-electron chi connectivity index (χ2n) is 8.99.